The molecule has 7 rings (SSSR count). The first kappa shape index (κ1) is 26.5. The lowest BCUT2D eigenvalue weighted by Gasteiger charge is -2.20. The van der Waals surface area contributed by atoms with E-state index in [2.05, 4.69) is 27.2 Å². The van der Waals surface area contributed by atoms with Crippen molar-refractivity contribution in [3.8, 4) is 0 Å². The molecule has 10 nitrogen and oxygen atoms in total. The van der Waals surface area contributed by atoms with Crippen molar-refractivity contribution in [3.63, 3.8) is 0 Å². The van der Waals surface area contributed by atoms with Crippen LogP contribution in [0.15, 0.2) is 53.7 Å². The van der Waals surface area contributed by atoms with Crippen LogP contribution in [0.25, 0.3) is 27.7 Å². The van der Waals surface area contributed by atoms with Gasteiger partial charge in [-0.2, -0.15) is 0 Å². The average Bonchev–Trinajstić information content (AvgIpc) is 3.72. The Hall–Kier alpha value is -4.38. The third kappa shape index (κ3) is 4.30. The van der Waals surface area contributed by atoms with E-state index >= 15 is 4.39 Å². The van der Waals surface area contributed by atoms with Gasteiger partial charge in [-0.25, -0.2) is 9.37 Å². The minimum absolute atomic E-state index is 0.00110. The fourth-order valence-electron chi connectivity index (χ4n) is 6.78. The summed E-state index contributed by atoms with van der Waals surface area (Å²) in [5.74, 6) is -0.754. The second kappa shape index (κ2) is 10.5. The van der Waals surface area contributed by atoms with Crippen molar-refractivity contribution in [1.29, 1.82) is 0 Å². The van der Waals surface area contributed by atoms with Gasteiger partial charge >= 0.3 is 0 Å². The molecule has 0 aliphatic carbocycles. The van der Waals surface area contributed by atoms with Crippen LogP contribution in [0, 0.1) is 5.82 Å². The maximum Gasteiger partial charge on any atom is 0.259 e. The maximum absolute atomic E-state index is 15.8. The van der Waals surface area contributed by atoms with Crippen LogP contribution in [0.1, 0.15) is 47.7 Å². The van der Waals surface area contributed by atoms with E-state index in [9.17, 15) is 9.59 Å². The summed E-state index contributed by atoms with van der Waals surface area (Å²) in [6, 6.07) is 9.33. The van der Waals surface area contributed by atoms with Gasteiger partial charge in [0.25, 0.3) is 5.91 Å². The second-order valence-electron chi connectivity index (χ2n) is 11.5. The summed E-state index contributed by atoms with van der Waals surface area (Å²) in [4.78, 5) is 45.2. The monoisotopic (exact) mass is 568 g/mol. The summed E-state index contributed by atoms with van der Waals surface area (Å²) in [5.41, 5.74) is 2.72. The van der Waals surface area contributed by atoms with Crippen molar-refractivity contribution in [2.45, 2.75) is 37.6 Å². The molecule has 0 bridgehead atoms. The summed E-state index contributed by atoms with van der Waals surface area (Å²) in [7, 11) is 3.94. The summed E-state index contributed by atoms with van der Waals surface area (Å²) in [6.45, 7) is 2.65. The lowest BCUT2D eigenvalue weighted by atomic mass is 10.1. The Labute approximate surface area is 241 Å². The van der Waals surface area contributed by atoms with Gasteiger partial charge in [0, 0.05) is 57.2 Å². The molecule has 2 saturated heterocycles. The summed E-state index contributed by atoms with van der Waals surface area (Å²) >= 11 is 0. The standard InChI is InChI=1S/C31H33FN8O2/c1-37-14-5-6-20(37)9-11-35-30(42)26-27(41)21-16-22(32)29(39-15-10-19(18-39)23-17-33-12-13-34-23)36-28(21)40-25-8-4-3-7-24(25)38(2)31(26)40/h3-4,7-8,12-13,16-17,19-20H,5-6,9-11,14-15,18H2,1-2H3,(H,35,42). The van der Waals surface area contributed by atoms with Gasteiger partial charge in [0.15, 0.2) is 17.3 Å². The van der Waals surface area contributed by atoms with Gasteiger partial charge in [0.2, 0.25) is 5.43 Å². The Bertz CT molecular complexity index is 1890. The van der Waals surface area contributed by atoms with Crippen molar-refractivity contribution < 1.29 is 9.18 Å². The van der Waals surface area contributed by atoms with Crippen LogP contribution in [-0.2, 0) is 7.05 Å². The minimum Gasteiger partial charge on any atom is -0.353 e. The molecule has 2 unspecified atom stereocenters. The normalized spacial score (nSPS) is 19.5. The average molecular weight is 569 g/mol. The maximum atomic E-state index is 15.8. The highest BCUT2D eigenvalue weighted by molar-refractivity contribution is 6.05. The minimum atomic E-state index is -0.588. The number of hydrogen-bond acceptors (Lipinski definition) is 7. The highest BCUT2D eigenvalue weighted by atomic mass is 19.1. The predicted molar refractivity (Wildman–Crippen MR) is 160 cm³/mol. The quantitative estimate of drug-likeness (QED) is 0.335. The van der Waals surface area contributed by atoms with Crippen molar-refractivity contribution in [2.24, 2.45) is 7.05 Å². The van der Waals surface area contributed by atoms with Crippen LogP contribution >= 0.6 is 0 Å². The summed E-state index contributed by atoms with van der Waals surface area (Å²) in [6.07, 6.45) is 8.89. The van der Waals surface area contributed by atoms with E-state index in [1.54, 1.807) is 18.6 Å². The summed E-state index contributed by atoms with van der Waals surface area (Å²) in [5, 5.41) is 3.06. The van der Waals surface area contributed by atoms with E-state index in [0.717, 1.165) is 49.0 Å². The molecule has 2 aliphatic heterocycles. The van der Waals surface area contributed by atoms with Crippen molar-refractivity contribution in [1.82, 2.24) is 34.1 Å². The number of fused-ring (bicyclic) bond motifs is 5. The number of aryl methyl sites for hydroxylation is 1. The Morgan fingerprint density at radius 3 is 2.71 bits per heavy atom. The number of nitrogens with zero attached hydrogens (tertiary/aromatic N) is 7. The Morgan fingerprint density at radius 2 is 1.95 bits per heavy atom. The lowest BCUT2D eigenvalue weighted by molar-refractivity contribution is 0.0950. The molecule has 0 spiro atoms. The number of benzene rings is 1. The number of amides is 1. The molecule has 1 aromatic carbocycles. The first-order valence-corrected chi connectivity index (χ1v) is 14.5. The highest BCUT2D eigenvalue weighted by Gasteiger charge is 2.30. The number of likely N-dealkylation sites (tertiary alicyclic amines) is 1. The second-order valence-corrected chi connectivity index (χ2v) is 11.5. The molecule has 11 heteroatoms. The van der Waals surface area contributed by atoms with Gasteiger partial charge in [-0.05, 0) is 57.5 Å². The topological polar surface area (TPSA) is 101 Å². The molecule has 42 heavy (non-hydrogen) atoms. The molecule has 0 saturated carbocycles. The van der Waals surface area contributed by atoms with Gasteiger partial charge in [-0.1, -0.05) is 12.1 Å². The van der Waals surface area contributed by atoms with Gasteiger partial charge in [0.05, 0.1) is 22.1 Å². The number of rotatable bonds is 6. The molecule has 0 radical (unpaired) electrons. The third-order valence-corrected chi connectivity index (χ3v) is 9.01. The van der Waals surface area contributed by atoms with E-state index < -0.39 is 17.2 Å². The number of carbonyl (C=O) groups is 1. The predicted octanol–water partition coefficient (Wildman–Crippen LogP) is 3.48. The third-order valence-electron chi connectivity index (χ3n) is 9.01. The molecule has 2 fully saturated rings. The molecule has 1 amide bonds. The van der Waals surface area contributed by atoms with Crippen LogP contribution in [0.3, 0.4) is 0 Å². The van der Waals surface area contributed by atoms with E-state index in [1.165, 1.54) is 6.07 Å². The van der Waals surface area contributed by atoms with Crippen molar-refractivity contribution in [3.05, 3.63) is 76.2 Å². The summed E-state index contributed by atoms with van der Waals surface area (Å²) < 4.78 is 19.4. The zero-order valence-electron chi connectivity index (χ0n) is 23.8. The first-order chi connectivity index (χ1) is 20.4. The number of halogens is 1. The number of para-hydroxylation sites is 2. The Kier molecular flexibility index (Phi) is 6.61. The van der Waals surface area contributed by atoms with Crippen molar-refractivity contribution >= 4 is 39.4 Å². The number of imidazole rings is 1. The zero-order valence-corrected chi connectivity index (χ0v) is 23.8. The number of anilines is 1. The molecule has 1 N–H and O–H groups in total. The number of pyridine rings is 2. The van der Waals surface area contributed by atoms with Crippen LogP contribution in [-0.4, -0.2) is 74.0 Å². The lowest BCUT2D eigenvalue weighted by Crippen LogP contribution is -2.34. The first-order valence-electron chi connectivity index (χ1n) is 14.5. The zero-order chi connectivity index (χ0) is 29.0. The number of nitrogens with one attached hydrogen (secondary N) is 1. The Balaban J connectivity index is 1.33. The van der Waals surface area contributed by atoms with E-state index in [-0.39, 0.29) is 22.7 Å². The fraction of sp³-hybridized carbons (Fsp3) is 0.387. The molecule has 2 aliphatic rings. The molecule has 216 valence electrons. The van der Waals surface area contributed by atoms with E-state index in [1.807, 2.05) is 45.2 Å². The van der Waals surface area contributed by atoms with Crippen LogP contribution < -0.4 is 15.6 Å². The Morgan fingerprint density at radius 1 is 1.12 bits per heavy atom. The van der Waals surface area contributed by atoms with E-state index in [0.29, 0.717) is 37.0 Å². The SMILES string of the molecule is CN1CCCC1CCNC(=O)c1c(=O)c2cc(F)c(N3CCC(c4cnccn4)C3)nc2n2c3ccccc3n(C)c12. The van der Waals surface area contributed by atoms with Gasteiger partial charge in [0.1, 0.15) is 11.2 Å². The van der Waals surface area contributed by atoms with Crippen LogP contribution in [0.5, 0.6) is 0 Å². The molecule has 6 heterocycles. The number of aromatic nitrogens is 5. The van der Waals surface area contributed by atoms with Crippen molar-refractivity contribution in [2.75, 3.05) is 38.1 Å². The van der Waals surface area contributed by atoms with Crippen LogP contribution in [0.4, 0.5) is 10.2 Å². The fourth-order valence-corrected chi connectivity index (χ4v) is 6.78. The molecule has 2 atom stereocenters. The smallest absolute Gasteiger partial charge is 0.259 e. The van der Waals surface area contributed by atoms with Gasteiger partial charge < -0.3 is 19.7 Å². The highest BCUT2D eigenvalue weighted by Crippen LogP contribution is 2.32. The molecule has 5 aromatic rings. The number of carbonyl (C=O) groups excluding carboxylic acids is 1. The molecular formula is C31H33FN8O2. The van der Waals surface area contributed by atoms with Crippen LogP contribution in [0.2, 0.25) is 0 Å². The molecule has 4 aromatic heterocycles. The number of hydrogen-bond donors (Lipinski definition) is 1. The van der Waals surface area contributed by atoms with Gasteiger partial charge in [-0.15, -0.1) is 0 Å². The largest absolute Gasteiger partial charge is 0.353 e. The van der Waals surface area contributed by atoms with Gasteiger partial charge in [-0.3, -0.25) is 24.0 Å². The van der Waals surface area contributed by atoms with E-state index in [4.69, 9.17) is 4.98 Å². The molecular weight excluding hydrogens is 535 g/mol.